The second-order valence-corrected chi connectivity index (χ2v) is 9.99. The number of rotatable bonds is 2. The van der Waals surface area contributed by atoms with E-state index in [-0.39, 0.29) is 0 Å². The van der Waals surface area contributed by atoms with Gasteiger partial charge in [0.1, 0.15) is 16.7 Å². The van der Waals surface area contributed by atoms with Crippen LogP contribution < -0.4 is 0 Å². The predicted molar refractivity (Wildman–Crippen MR) is 159 cm³/mol. The van der Waals surface area contributed by atoms with E-state index >= 15 is 0 Å². The molecule has 3 heterocycles. The standard InChI is InChI=1S/C35H20N2O2/c1-2-8-24-21(7-1)15-18-26-25-9-3-5-11-29(25)37(33(24)26)23-16-13-22(14-17-23)35-36-28-19-20-31-32(34(28)39-35)27-10-4-6-12-30(27)38-31/h1-20H. The van der Waals surface area contributed by atoms with E-state index in [0.717, 1.165) is 44.3 Å². The van der Waals surface area contributed by atoms with Gasteiger partial charge in [-0.3, -0.25) is 0 Å². The zero-order valence-electron chi connectivity index (χ0n) is 20.8. The second-order valence-electron chi connectivity index (χ2n) is 9.99. The lowest BCUT2D eigenvalue weighted by Gasteiger charge is -2.10. The van der Waals surface area contributed by atoms with Crippen LogP contribution >= 0.6 is 0 Å². The normalized spacial score (nSPS) is 12.1. The molecule has 9 rings (SSSR count). The molecule has 0 aliphatic rings. The van der Waals surface area contributed by atoms with Gasteiger partial charge in [0.05, 0.1) is 16.4 Å². The Morgan fingerprint density at radius 3 is 2.21 bits per heavy atom. The molecule has 182 valence electrons. The first kappa shape index (κ1) is 20.7. The number of para-hydroxylation sites is 2. The maximum Gasteiger partial charge on any atom is 0.227 e. The van der Waals surface area contributed by atoms with Crippen molar-refractivity contribution >= 4 is 65.6 Å². The quantitative estimate of drug-likeness (QED) is 0.237. The number of oxazole rings is 1. The summed E-state index contributed by atoms with van der Waals surface area (Å²) in [5.74, 6) is 0.599. The third-order valence-corrected chi connectivity index (χ3v) is 7.83. The Kier molecular flexibility index (Phi) is 4.02. The van der Waals surface area contributed by atoms with Gasteiger partial charge in [-0.1, -0.05) is 72.8 Å². The summed E-state index contributed by atoms with van der Waals surface area (Å²) in [6.07, 6.45) is 0. The van der Waals surface area contributed by atoms with Crippen molar-refractivity contribution in [3.8, 4) is 17.1 Å². The maximum atomic E-state index is 6.38. The molecule has 0 amide bonds. The van der Waals surface area contributed by atoms with Gasteiger partial charge in [-0.25, -0.2) is 4.98 Å². The summed E-state index contributed by atoms with van der Waals surface area (Å²) in [6.45, 7) is 0. The maximum absolute atomic E-state index is 6.38. The predicted octanol–water partition coefficient (Wildman–Crippen LogP) is 9.64. The Bertz CT molecular complexity index is 2390. The Balaban J connectivity index is 1.24. The van der Waals surface area contributed by atoms with Crippen molar-refractivity contribution in [1.29, 1.82) is 0 Å². The number of fused-ring (bicyclic) bond motifs is 10. The highest BCUT2D eigenvalue weighted by molar-refractivity contribution is 6.19. The first-order chi connectivity index (χ1) is 19.3. The van der Waals surface area contributed by atoms with Gasteiger partial charge in [-0.2, -0.15) is 0 Å². The molecular formula is C35H20N2O2. The fourth-order valence-electron chi connectivity index (χ4n) is 6.07. The molecule has 39 heavy (non-hydrogen) atoms. The molecule has 4 nitrogen and oxygen atoms in total. The van der Waals surface area contributed by atoms with Gasteiger partial charge >= 0.3 is 0 Å². The summed E-state index contributed by atoms with van der Waals surface area (Å²) in [5.41, 5.74) is 7.67. The van der Waals surface area contributed by atoms with Crippen LogP contribution in [0.2, 0.25) is 0 Å². The molecule has 0 radical (unpaired) electrons. The number of benzene rings is 6. The third-order valence-electron chi connectivity index (χ3n) is 7.83. The first-order valence-corrected chi connectivity index (χ1v) is 13.1. The first-order valence-electron chi connectivity index (χ1n) is 13.1. The van der Waals surface area contributed by atoms with Crippen molar-refractivity contribution in [3.63, 3.8) is 0 Å². The Labute approximate surface area is 222 Å². The van der Waals surface area contributed by atoms with Gasteiger partial charge < -0.3 is 13.4 Å². The van der Waals surface area contributed by atoms with Gasteiger partial charge in [0, 0.05) is 32.8 Å². The highest BCUT2D eigenvalue weighted by Crippen LogP contribution is 2.38. The molecule has 0 aliphatic carbocycles. The van der Waals surface area contributed by atoms with Gasteiger partial charge in [0.25, 0.3) is 0 Å². The average molecular weight is 501 g/mol. The molecule has 0 atom stereocenters. The SMILES string of the molecule is c1ccc2c(c1)ccc1c3ccccc3n(-c3ccc(-c4nc5ccc6oc7ccccc7c6c5o4)cc3)c21. The minimum absolute atomic E-state index is 0.599. The van der Waals surface area contributed by atoms with Crippen LogP contribution in [-0.4, -0.2) is 9.55 Å². The van der Waals surface area contributed by atoms with Crippen LogP contribution in [0.25, 0.3) is 82.8 Å². The summed E-state index contributed by atoms with van der Waals surface area (Å²) in [7, 11) is 0. The van der Waals surface area contributed by atoms with E-state index in [4.69, 9.17) is 13.8 Å². The lowest BCUT2D eigenvalue weighted by molar-refractivity contribution is 0.622. The highest BCUT2D eigenvalue weighted by Gasteiger charge is 2.18. The Hall–Kier alpha value is -5.35. The molecule has 9 aromatic rings. The van der Waals surface area contributed by atoms with Crippen molar-refractivity contribution < 1.29 is 8.83 Å². The molecule has 0 saturated carbocycles. The van der Waals surface area contributed by atoms with E-state index in [9.17, 15) is 0 Å². The monoisotopic (exact) mass is 500 g/mol. The second kappa shape index (κ2) is 7.59. The number of furan rings is 1. The van der Waals surface area contributed by atoms with Gasteiger partial charge in [-0.15, -0.1) is 0 Å². The van der Waals surface area contributed by atoms with E-state index in [1.165, 1.54) is 32.6 Å². The van der Waals surface area contributed by atoms with Crippen molar-refractivity contribution in [2.24, 2.45) is 0 Å². The lowest BCUT2D eigenvalue weighted by atomic mass is 10.1. The van der Waals surface area contributed by atoms with Crippen LogP contribution in [0.5, 0.6) is 0 Å². The van der Waals surface area contributed by atoms with Crippen LogP contribution in [0.15, 0.2) is 130 Å². The van der Waals surface area contributed by atoms with Crippen LogP contribution in [0.1, 0.15) is 0 Å². The van der Waals surface area contributed by atoms with Gasteiger partial charge in [-0.05, 0) is 53.9 Å². The van der Waals surface area contributed by atoms with Gasteiger partial charge in [0.2, 0.25) is 5.89 Å². The molecule has 0 fully saturated rings. The molecule has 0 spiro atoms. The number of hydrogen-bond acceptors (Lipinski definition) is 3. The summed E-state index contributed by atoms with van der Waals surface area (Å²) in [4.78, 5) is 4.84. The van der Waals surface area contributed by atoms with E-state index in [1.54, 1.807) is 0 Å². The third kappa shape index (κ3) is 2.85. The summed E-state index contributed by atoms with van der Waals surface area (Å²) >= 11 is 0. The molecule has 4 heteroatoms. The molecule has 0 unspecified atom stereocenters. The molecule has 0 bridgehead atoms. The molecular weight excluding hydrogens is 480 g/mol. The lowest BCUT2D eigenvalue weighted by Crippen LogP contribution is -1.94. The van der Waals surface area contributed by atoms with E-state index in [2.05, 4.69) is 95.6 Å². The zero-order chi connectivity index (χ0) is 25.5. The van der Waals surface area contributed by atoms with Crippen LogP contribution in [0.3, 0.4) is 0 Å². The Morgan fingerprint density at radius 1 is 0.538 bits per heavy atom. The molecule has 0 saturated heterocycles. The minimum atomic E-state index is 0.599. The summed E-state index contributed by atoms with van der Waals surface area (Å²) in [5, 5.41) is 6.98. The smallest absolute Gasteiger partial charge is 0.227 e. The van der Waals surface area contributed by atoms with E-state index < -0.39 is 0 Å². The molecule has 3 aromatic heterocycles. The molecule has 6 aromatic carbocycles. The summed E-state index contributed by atoms with van der Waals surface area (Å²) in [6, 6.07) is 42.1. The van der Waals surface area contributed by atoms with E-state index in [0.29, 0.717) is 5.89 Å². The molecule has 0 aliphatic heterocycles. The fraction of sp³-hybridized carbons (Fsp3) is 0. The van der Waals surface area contributed by atoms with Crippen LogP contribution in [-0.2, 0) is 0 Å². The van der Waals surface area contributed by atoms with Crippen molar-refractivity contribution in [3.05, 3.63) is 121 Å². The van der Waals surface area contributed by atoms with E-state index in [1.807, 2.05) is 30.3 Å². The minimum Gasteiger partial charge on any atom is -0.456 e. The Morgan fingerprint density at radius 2 is 1.31 bits per heavy atom. The average Bonchev–Trinajstić information content (AvgIpc) is 3.68. The van der Waals surface area contributed by atoms with Crippen LogP contribution in [0.4, 0.5) is 0 Å². The molecule has 0 N–H and O–H groups in total. The topological polar surface area (TPSA) is 44.1 Å². The zero-order valence-corrected chi connectivity index (χ0v) is 20.8. The number of aromatic nitrogens is 2. The van der Waals surface area contributed by atoms with Crippen molar-refractivity contribution in [1.82, 2.24) is 9.55 Å². The van der Waals surface area contributed by atoms with Gasteiger partial charge in [0.15, 0.2) is 5.58 Å². The van der Waals surface area contributed by atoms with Crippen molar-refractivity contribution in [2.75, 3.05) is 0 Å². The van der Waals surface area contributed by atoms with Crippen molar-refractivity contribution in [2.45, 2.75) is 0 Å². The largest absolute Gasteiger partial charge is 0.456 e. The number of nitrogens with zero attached hydrogens (tertiary/aromatic N) is 2. The highest BCUT2D eigenvalue weighted by atomic mass is 16.4. The summed E-state index contributed by atoms with van der Waals surface area (Å²) < 4.78 is 14.8. The van der Waals surface area contributed by atoms with Crippen LogP contribution in [0, 0.1) is 0 Å². The fourth-order valence-corrected chi connectivity index (χ4v) is 6.07. The number of hydrogen-bond donors (Lipinski definition) is 0.